The molecule has 0 aliphatic carbocycles. The summed E-state index contributed by atoms with van der Waals surface area (Å²) in [6, 6.07) is 11.1. The van der Waals surface area contributed by atoms with Crippen molar-refractivity contribution in [3.05, 3.63) is 65.2 Å². The van der Waals surface area contributed by atoms with Crippen LogP contribution < -0.4 is 10.5 Å². The zero-order valence-corrected chi connectivity index (χ0v) is 9.70. The summed E-state index contributed by atoms with van der Waals surface area (Å²) in [5, 5.41) is 0. The van der Waals surface area contributed by atoms with Gasteiger partial charge in [-0.3, -0.25) is 0 Å². The van der Waals surface area contributed by atoms with Crippen molar-refractivity contribution >= 4 is 0 Å². The van der Waals surface area contributed by atoms with E-state index in [-0.39, 0.29) is 6.61 Å². The average molecular weight is 249 g/mol. The predicted molar refractivity (Wildman–Crippen MR) is 65.0 cm³/mol. The molecule has 0 aromatic heterocycles. The molecule has 2 N–H and O–H groups in total. The highest BCUT2D eigenvalue weighted by Gasteiger charge is 2.05. The van der Waals surface area contributed by atoms with Crippen LogP contribution in [0.3, 0.4) is 0 Å². The van der Waals surface area contributed by atoms with Crippen LogP contribution >= 0.6 is 0 Å². The van der Waals surface area contributed by atoms with E-state index >= 15 is 0 Å². The molecule has 2 aromatic rings. The summed E-state index contributed by atoms with van der Waals surface area (Å²) in [7, 11) is 0. The Labute approximate surface area is 104 Å². The molecule has 0 aliphatic rings. The van der Waals surface area contributed by atoms with Crippen LogP contribution in [-0.2, 0) is 13.2 Å². The summed E-state index contributed by atoms with van der Waals surface area (Å²) in [5.41, 5.74) is 7.02. The Morgan fingerprint density at radius 1 is 1.00 bits per heavy atom. The molecule has 0 atom stereocenters. The zero-order chi connectivity index (χ0) is 13.0. The number of benzene rings is 2. The lowest BCUT2D eigenvalue weighted by Gasteiger charge is -2.10. The van der Waals surface area contributed by atoms with Crippen LogP contribution in [0, 0.1) is 11.6 Å². The Balaban J connectivity index is 2.09. The van der Waals surface area contributed by atoms with Crippen molar-refractivity contribution in [3.63, 3.8) is 0 Å². The second-order valence-corrected chi connectivity index (χ2v) is 3.85. The highest BCUT2D eigenvalue weighted by atomic mass is 19.2. The molecule has 0 saturated heterocycles. The number of hydrogen-bond donors (Lipinski definition) is 1. The maximum Gasteiger partial charge on any atom is 0.159 e. The predicted octanol–water partition coefficient (Wildman–Crippen LogP) is 3.00. The van der Waals surface area contributed by atoms with Gasteiger partial charge in [0, 0.05) is 12.1 Å². The lowest BCUT2D eigenvalue weighted by atomic mass is 10.2. The van der Waals surface area contributed by atoms with Crippen LogP contribution in [0.25, 0.3) is 0 Å². The smallest absolute Gasteiger partial charge is 0.159 e. The largest absolute Gasteiger partial charge is 0.489 e. The third-order valence-corrected chi connectivity index (χ3v) is 2.57. The number of ether oxygens (including phenoxy) is 1. The molecular formula is C14H13F2NO. The molecule has 94 valence electrons. The fourth-order valence-electron chi connectivity index (χ4n) is 1.60. The number of nitrogens with two attached hydrogens (primary N) is 1. The lowest BCUT2D eigenvalue weighted by Crippen LogP contribution is -2.03. The first kappa shape index (κ1) is 12.5. The van der Waals surface area contributed by atoms with Gasteiger partial charge in [-0.1, -0.05) is 24.3 Å². The minimum absolute atomic E-state index is 0.175. The SMILES string of the molecule is NCc1ccccc1OCc1ccc(F)c(F)c1. The van der Waals surface area contributed by atoms with Crippen molar-refractivity contribution in [3.8, 4) is 5.75 Å². The monoisotopic (exact) mass is 249 g/mol. The molecule has 2 nitrogen and oxygen atoms in total. The molecule has 18 heavy (non-hydrogen) atoms. The third kappa shape index (κ3) is 2.84. The van der Waals surface area contributed by atoms with E-state index in [0.717, 1.165) is 17.7 Å². The molecule has 0 saturated carbocycles. The van der Waals surface area contributed by atoms with E-state index in [0.29, 0.717) is 17.9 Å². The van der Waals surface area contributed by atoms with E-state index in [1.807, 2.05) is 18.2 Å². The highest BCUT2D eigenvalue weighted by molar-refractivity contribution is 5.33. The van der Waals surface area contributed by atoms with Crippen LogP contribution in [0.2, 0.25) is 0 Å². The molecule has 0 bridgehead atoms. The number of hydrogen-bond acceptors (Lipinski definition) is 2. The number of para-hydroxylation sites is 1. The van der Waals surface area contributed by atoms with Crippen molar-refractivity contribution in [2.24, 2.45) is 5.73 Å². The van der Waals surface area contributed by atoms with Crippen molar-refractivity contribution in [2.45, 2.75) is 13.2 Å². The topological polar surface area (TPSA) is 35.2 Å². The Morgan fingerprint density at radius 3 is 2.50 bits per heavy atom. The van der Waals surface area contributed by atoms with E-state index in [1.165, 1.54) is 6.07 Å². The molecule has 0 fully saturated rings. The van der Waals surface area contributed by atoms with Crippen LogP contribution in [0.1, 0.15) is 11.1 Å². The van der Waals surface area contributed by atoms with E-state index in [2.05, 4.69) is 0 Å². The molecule has 2 aromatic carbocycles. The van der Waals surface area contributed by atoms with Crippen LogP contribution in [-0.4, -0.2) is 0 Å². The Kier molecular flexibility index (Phi) is 3.89. The van der Waals surface area contributed by atoms with Crippen molar-refractivity contribution in [1.82, 2.24) is 0 Å². The number of rotatable bonds is 4. The van der Waals surface area contributed by atoms with Crippen LogP contribution in [0.15, 0.2) is 42.5 Å². The molecule has 0 amide bonds. The zero-order valence-electron chi connectivity index (χ0n) is 9.70. The van der Waals surface area contributed by atoms with E-state index in [4.69, 9.17) is 10.5 Å². The van der Waals surface area contributed by atoms with Crippen LogP contribution in [0.4, 0.5) is 8.78 Å². The standard InChI is InChI=1S/C14H13F2NO/c15-12-6-5-10(7-13(12)16)9-18-14-4-2-1-3-11(14)8-17/h1-7H,8-9,17H2. The summed E-state index contributed by atoms with van der Waals surface area (Å²) >= 11 is 0. The van der Waals surface area contributed by atoms with Crippen LogP contribution in [0.5, 0.6) is 5.75 Å². The first-order chi connectivity index (χ1) is 8.70. The van der Waals surface area contributed by atoms with Gasteiger partial charge in [-0.2, -0.15) is 0 Å². The van der Waals surface area contributed by atoms with E-state index in [1.54, 1.807) is 6.07 Å². The minimum atomic E-state index is -0.872. The van der Waals surface area contributed by atoms with Gasteiger partial charge in [-0.25, -0.2) is 8.78 Å². The fourth-order valence-corrected chi connectivity index (χ4v) is 1.60. The quantitative estimate of drug-likeness (QED) is 0.904. The average Bonchev–Trinajstić information content (AvgIpc) is 2.40. The second kappa shape index (κ2) is 5.60. The molecule has 0 radical (unpaired) electrons. The number of halogens is 2. The van der Waals surface area contributed by atoms with Gasteiger partial charge in [0.15, 0.2) is 11.6 Å². The lowest BCUT2D eigenvalue weighted by molar-refractivity contribution is 0.302. The highest BCUT2D eigenvalue weighted by Crippen LogP contribution is 2.19. The van der Waals surface area contributed by atoms with Crippen molar-refractivity contribution in [1.29, 1.82) is 0 Å². The van der Waals surface area contributed by atoms with Gasteiger partial charge in [0.05, 0.1) is 0 Å². The maximum atomic E-state index is 13.0. The molecule has 0 heterocycles. The van der Waals surface area contributed by atoms with Gasteiger partial charge in [-0.05, 0) is 23.8 Å². The summed E-state index contributed by atoms with van der Waals surface area (Å²) in [6.45, 7) is 0.544. The van der Waals surface area contributed by atoms with Gasteiger partial charge >= 0.3 is 0 Å². The molecular weight excluding hydrogens is 236 g/mol. The van der Waals surface area contributed by atoms with Crippen molar-refractivity contribution in [2.75, 3.05) is 0 Å². The molecule has 2 rings (SSSR count). The van der Waals surface area contributed by atoms with Gasteiger partial charge in [-0.15, -0.1) is 0 Å². The Morgan fingerprint density at radius 2 is 1.78 bits per heavy atom. The molecule has 0 unspecified atom stereocenters. The first-order valence-corrected chi connectivity index (χ1v) is 5.55. The van der Waals surface area contributed by atoms with Crippen molar-refractivity contribution < 1.29 is 13.5 Å². The Bertz CT molecular complexity index is 543. The summed E-state index contributed by atoms with van der Waals surface area (Å²) in [6.07, 6.45) is 0. The fraction of sp³-hybridized carbons (Fsp3) is 0.143. The second-order valence-electron chi connectivity index (χ2n) is 3.85. The maximum absolute atomic E-state index is 13.0. The summed E-state index contributed by atoms with van der Waals surface area (Å²) < 4.78 is 31.3. The molecule has 0 spiro atoms. The van der Waals surface area contributed by atoms with Gasteiger partial charge in [0.2, 0.25) is 0 Å². The summed E-state index contributed by atoms with van der Waals surface area (Å²) in [4.78, 5) is 0. The van der Waals surface area contributed by atoms with E-state index in [9.17, 15) is 8.78 Å². The third-order valence-electron chi connectivity index (χ3n) is 2.57. The first-order valence-electron chi connectivity index (χ1n) is 5.55. The molecule has 4 heteroatoms. The Hall–Kier alpha value is -1.94. The van der Waals surface area contributed by atoms with Gasteiger partial charge in [0.25, 0.3) is 0 Å². The minimum Gasteiger partial charge on any atom is -0.489 e. The van der Waals surface area contributed by atoms with Gasteiger partial charge < -0.3 is 10.5 Å². The van der Waals surface area contributed by atoms with E-state index < -0.39 is 11.6 Å². The normalized spacial score (nSPS) is 10.4. The summed E-state index contributed by atoms with van der Waals surface area (Å²) in [5.74, 6) is -1.07. The molecule has 0 aliphatic heterocycles. The van der Waals surface area contributed by atoms with Gasteiger partial charge in [0.1, 0.15) is 12.4 Å².